The summed E-state index contributed by atoms with van der Waals surface area (Å²) in [7, 11) is 4.04. The van der Waals surface area contributed by atoms with E-state index >= 15 is 0 Å². The lowest BCUT2D eigenvalue weighted by Gasteiger charge is -2.36. The Morgan fingerprint density at radius 3 is 2.41 bits per heavy atom. The van der Waals surface area contributed by atoms with Gasteiger partial charge in [0, 0.05) is 26.6 Å². The summed E-state index contributed by atoms with van der Waals surface area (Å²) in [5, 5.41) is 15.0. The van der Waals surface area contributed by atoms with E-state index in [1.807, 2.05) is 18.7 Å². The third-order valence-electron chi connectivity index (χ3n) is 3.68. The van der Waals surface area contributed by atoms with Crippen molar-refractivity contribution in [3.8, 4) is 0 Å². The highest BCUT2D eigenvalue weighted by atomic mass is 79.9. The second kappa shape index (κ2) is 4.71. The molecule has 1 N–H and O–H groups in total. The lowest BCUT2D eigenvalue weighted by molar-refractivity contribution is -0.0164. The van der Waals surface area contributed by atoms with Crippen LogP contribution in [0.5, 0.6) is 0 Å². The highest BCUT2D eigenvalue weighted by Crippen LogP contribution is 2.30. The maximum absolute atomic E-state index is 10.6. The topological polar surface area (TPSA) is 41.3 Å². The molecule has 1 saturated heterocycles. The van der Waals surface area contributed by atoms with E-state index in [9.17, 15) is 5.11 Å². The fraction of sp³-hybridized carbons (Fsp3) is 0.750. The number of nitrogens with zero attached hydrogens (tertiary/aromatic N) is 3. The van der Waals surface area contributed by atoms with Crippen molar-refractivity contribution in [2.24, 2.45) is 7.05 Å². The van der Waals surface area contributed by atoms with E-state index < -0.39 is 5.60 Å². The minimum Gasteiger partial charge on any atom is -0.389 e. The van der Waals surface area contributed by atoms with Crippen molar-refractivity contribution in [3.05, 3.63) is 15.9 Å². The number of aryl methyl sites for hydroxylation is 2. The number of hydrogen-bond donors (Lipinski definition) is 1. The largest absolute Gasteiger partial charge is 0.389 e. The minimum absolute atomic E-state index is 0.574. The van der Waals surface area contributed by atoms with Gasteiger partial charge < -0.3 is 10.0 Å². The molecule has 0 saturated carbocycles. The van der Waals surface area contributed by atoms with E-state index in [-0.39, 0.29) is 0 Å². The Kier molecular flexibility index (Phi) is 3.61. The van der Waals surface area contributed by atoms with Gasteiger partial charge in [0.05, 0.1) is 21.5 Å². The average molecular weight is 302 g/mol. The van der Waals surface area contributed by atoms with Crippen LogP contribution in [0.2, 0.25) is 0 Å². The second-order valence-corrected chi connectivity index (χ2v) is 5.97. The number of rotatable bonds is 2. The molecule has 5 heteroatoms. The Morgan fingerprint density at radius 1 is 1.35 bits per heavy atom. The predicted molar refractivity (Wildman–Crippen MR) is 71.0 cm³/mol. The summed E-state index contributed by atoms with van der Waals surface area (Å²) in [6.45, 7) is 3.90. The Hall–Kier alpha value is -0.390. The first-order valence-electron chi connectivity index (χ1n) is 6.00. The van der Waals surface area contributed by atoms with Gasteiger partial charge in [0.15, 0.2) is 0 Å². The summed E-state index contributed by atoms with van der Waals surface area (Å²) in [4.78, 5) is 2.26. The zero-order chi connectivity index (χ0) is 12.6. The molecule has 0 spiro atoms. The molecule has 0 unspecified atom stereocenters. The monoisotopic (exact) mass is 301 g/mol. The molecular formula is C12H20BrN3O. The maximum atomic E-state index is 10.6. The number of piperidine rings is 1. The summed E-state index contributed by atoms with van der Waals surface area (Å²) < 4.78 is 2.91. The summed E-state index contributed by atoms with van der Waals surface area (Å²) in [5.74, 6) is 0. The van der Waals surface area contributed by atoms with Gasteiger partial charge in [0.2, 0.25) is 0 Å². The Morgan fingerprint density at radius 2 is 1.94 bits per heavy atom. The molecule has 0 aliphatic carbocycles. The van der Waals surface area contributed by atoms with E-state index in [0.717, 1.165) is 41.8 Å². The van der Waals surface area contributed by atoms with Crippen molar-refractivity contribution in [1.29, 1.82) is 0 Å². The van der Waals surface area contributed by atoms with Crippen LogP contribution in [0.1, 0.15) is 24.2 Å². The highest BCUT2D eigenvalue weighted by Gasteiger charge is 2.33. The molecule has 0 aromatic carbocycles. The van der Waals surface area contributed by atoms with Crippen LogP contribution in [-0.2, 0) is 13.5 Å². The Bertz CT molecular complexity index is 408. The van der Waals surface area contributed by atoms with Crippen LogP contribution >= 0.6 is 15.9 Å². The van der Waals surface area contributed by atoms with Crippen LogP contribution < -0.4 is 0 Å². The smallest absolute Gasteiger partial charge is 0.0738 e. The van der Waals surface area contributed by atoms with Gasteiger partial charge >= 0.3 is 0 Å². The van der Waals surface area contributed by atoms with Gasteiger partial charge in [0.1, 0.15) is 0 Å². The molecule has 1 aromatic heterocycles. The first kappa shape index (κ1) is 13.1. The van der Waals surface area contributed by atoms with Crippen LogP contribution in [0.4, 0.5) is 0 Å². The number of halogens is 1. The van der Waals surface area contributed by atoms with Gasteiger partial charge in [-0.15, -0.1) is 0 Å². The zero-order valence-corrected chi connectivity index (χ0v) is 12.3. The number of aromatic nitrogens is 2. The van der Waals surface area contributed by atoms with Crippen molar-refractivity contribution in [1.82, 2.24) is 14.7 Å². The van der Waals surface area contributed by atoms with Gasteiger partial charge in [-0.3, -0.25) is 4.68 Å². The van der Waals surface area contributed by atoms with Crippen LogP contribution in [0, 0.1) is 6.92 Å². The Balaban J connectivity index is 2.15. The van der Waals surface area contributed by atoms with E-state index in [1.54, 1.807) is 0 Å². The summed E-state index contributed by atoms with van der Waals surface area (Å²) in [6, 6.07) is 0. The van der Waals surface area contributed by atoms with Gasteiger partial charge in [-0.25, -0.2) is 0 Å². The van der Waals surface area contributed by atoms with Crippen molar-refractivity contribution >= 4 is 15.9 Å². The molecule has 1 aliphatic heterocycles. The molecule has 1 fully saturated rings. The lowest BCUT2D eigenvalue weighted by Crippen LogP contribution is -2.44. The van der Waals surface area contributed by atoms with Gasteiger partial charge in [-0.05, 0) is 42.7 Å². The van der Waals surface area contributed by atoms with Crippen molar-refractivity contribution in [2.45, 2.75) is 31.8 Å². The van der Waals surface area contributed by atoms with Crippen LogP contribution in [0.3, 0.4) is 0 Å². The third kappa shape index (κ3) is 2.72. The fourth-order valence-corrected chi connectivity index (χ4v) is 2.87. The first-order valence-corrected chi connectivity index (χ1v) is 6.79. The fourth-order valence-electron chi connectivity index (χ4n) is 2.40. The summed E-state index contributed by atoms with van der Waals surface area (Å²) >= 11 is 3.56. The van der Waals surface area contributed by atoms with Gasteiger partial charge in [-0.1, -0.05) is 0 Å². The van der Waals surface area contributed by atoms with E-state index in [0.29, 0.717) is 6.42 Å². The van der Waals surface area contributed by atoms with Gasteiger partial charge in [0.25, 0.3) is 0 Å². The van der Waals surface area contributed by atoms with E-state index in [1.165, 1.54) is 0 Å². The quantitative estimate of drug-likeness (QED) is 0.900. The molecule has 4 nitrogen and oxygen atoms in total. The number of aliphatic hydroxyl groups is 1. The molecular weight excluding hydrogens is 282 g/mol. The van der Waals surface area contributed by atoms with Crippen molar-refractivity contribution in [3.63, 3.8) is 0 Å². The van der Waals surface area contributed by atoms with Gasteiger partial charge in [-0.2, -0.15) is 5.10 Å². The molecule has 0 bridgehead atoms. The lowest BCUT2D eigenvalue weighted by atomic mass is 9.87. The average Bonchev–Trinajstić information content (AvgIpc) is 2.50. The van der Waals surface area contributed by atoms with Crippen molar-refractivity contribution in [2.75, 3.05) is 20.1 Å². The SMILES string of the molecule is Cc1nn(C)c(CC2(O)CCN(C)CC2)c1Br. The zero-order valence-electron chi connectivity index (χ0n) is 10.7. The molecule has 0 atom stereocenters. The highest BCUT2D eigenvalue weighted by molar-refractivity contribution is 9.10. The minimum atomic E-state index is -0.574. The molecule has 1 aliphatic rings. The van der Waals surface area contributed by atoms with E-state index in [2.05, 4.69) is 33.0 Å². The van der Waals surface area contributed by atoms with Crippen LogP contribution in [0.15, 0.2) is 4.47 Å². The van der Waals surface area contributed by atoms with Crippen molar-refractivity contribution < 1.29 is 5.11 Å². The second-order valence-electron chi connectivity index (χ2n) is 5.17. The van der Waals surface area contributed by atoms with E-state index in [4.69, 9.17) is 0 Å². The number of likely N-dealkylation sites (tertiary alicyclic amines) is 1. The molecule has 1 aromatic rings. The Labute approximate surface area is 111 Å². The maximum Gasteiger partial charge on any atom is 0.0738 e. The molecule has 96 valence electrons. The molecule has 2 rings (SSSR count). The van der Waals surface area contributed by atoms with Crippen LogP contribution in [0.25, 0.3) is 0 Å². The normalized spacial score (nSPS) is 20.8. The number of hydrogen-bond acceptors (Lipinski definition) is 3. The summed E-state index contributed by atoms with van der Waals surface area (Å²) in [5.41, 5.74) is 1.50. The molecule has 2 heterocycles. The molecule has 0 radical (unpaired) electrons. The first-order chi connectivity index (χ1) is 7.91. The molecule has 0 amide bonds. The summed E-state index contributed by atoms with van der Waals surface area (Å²) in [6.07, 6.45) is 2.35. The standard InChI is InChI=1S/C12H20BrN3O/c1-9-11(13)10(16(3)14-9)8-12(17)4-6-15(2)7-5-12/h17H,4-8H2,1-3H3. The molecule has 17 heavy (non-hydrogen) atoms. The predicted octanol–water partition coefficient (Wildman–Crippen LogP) is 1.49. The van der Waals surface area contributed by atoms with Crippen LogP contribution in [-0.4, -0.2) is 45.5 Å². The third-order valence-corrected chi connectivity index (χ3v) is 4.71.